The first-order chi connectivity index (χ1) is 27.4. The van der Waals surface area contributed by atoms with Gasteiger partial charge in [-0.05, 0) is 84.6 Å². The summed E-state index contributed by atoms with van der Waals surface area (Å²) in [6, 6.07) is 11.2. The summed E-state index contributed by atoms with van der Waals surface area (Å²) in [6.45, 7) is 17.9. The molecule has 0 unspecified atom stereocenters. The molecule has 0 N–H and O–H groups in total. The van der Waals surface area contributed by atoms with Crippen molar-refractivity contribution in [3.63, 3.8) is 0 Å². The molecule has 16 heteroatoms. The molecule has 0 spiro atoms. The molecule has 0 saturated carbocycles. The number of carbonyl (C=O) groups excluding carboxylic acids is 4. The lowest BCUT2D eigenvalue weighted by Crippen LogP contribution is -2.56. The minimum absolute atomic E-state index is 0.0172. The van der Waals surface area contributed by atoms with Gasteiger partial charge >= 0.3 is 24.4 Å². The number of piperidine rings is 2. The molecule has 6 rings (SSSR count). The number of fused-ring (bicyclic) bond motifs is 1. The Morgan fingerprint density at radius 2 is 1.48 bits per heavy atom. The first-order valence-corrected chi connectivity index (χ1v) is 20.4. The molecule has 58 heavy (non-hydrogen) atoms. The predicted octanol–water partition coefficient (Wildman–Crippen LogP) is 7.24. The van der Waals surface area contributed by atoms with Crippen LogP contribution >= 0.6 is 0 Å². The zero-order chi connectivity index (χ0) is 41.8. The number of anilines is 1. The molecule has 3 saturated heterocycles. The van der Waals surface area contributed by atoms with Crippen LogP contribution in [0.2, 0.25) is 0 Å². The highest BCUT2D eigenvalue weighted by atomic mass is 16.6. The number of ether oxygens (including phenoxy) is 5. The van der Waals surface area contributed by atoms with Crippen molar-refractivity contribution in [3.8, 4) is 5.88 Å². The van der Waals surface area contributed by atoms with Crippen molar-refractivity contribution >= 4 is 35.8 Å². The SMILES string of the molecule is CC(C)c1cnn2c(N(CC3CCN(C(=O)OC4CN(C(=O)OCc5ccccc5)C4)CC3)C(=O)OC(C)(C)C)cc(O[C@@H]3CCCN(C(=O)OC(C)(C)C)C3)nc12. The van der Waals surface area contributed by atoms with E-state index >= 15 is 0 Å². The first-order valence-electron chi connectivity index (χ1n) is 20.4. The summed E-state index contributed by atoms with van der Waals surface area (Å²) < 4.78 is 30.9. The monoisotopic (exact) mass is 805 g/mol. The minimum Gasteiger partial charge on any atom is -0.472 e. The second kappa shape index (κ2) is 17.7. The van der Waals surface area contributed by atoms with Gasteiger partial charge in [0.05, 0.1) is 25.8 Å². The van der Waals surface area contributed by atoms with Gasteiger partial charge in [-0.15, -0.1) is 0 Å². The maximum absolute atomic E-state index is 14.1. The van der Waals surface area contributed by atoms with E-state index in [0.29, 0.717) is 62.9 Å². The van der Waals surface area contributed by atoms with Gasteiger partial charge in [0.2, 0.25) is 5.88 Å². The van der Waals surface area contributed by atoms with Gasteiger partial charge < -0.3 is 38.4 Å². The van der Waals surface area contributed by atoms with E-state index in [2.05, 4.69) is 18.9 Å². The number of aromatic nitrogens is 3. The Balaban J connectivity index is 1.12. The topological polar surface area (TPSA) is 158 Å². The van der Waals surface area contributed by atoms with E-state index in [1.54, 1.807) is 31.5 Å². The van der Waals surface area contributed by atoms with Gasteiger partial charge in [0, 0.05) is 37.8 Å². The van der Waals surface area contributed by atoms with Gasteiger partial charge in [0.25, 0.3) is 0 Å². The molecule has 1 atom stereocenters. The number of hydrogen-bond donors (Lipinski definition) is 0. The molecule has 2 aromatic heterocycles. The predicted molar refractivity (Wildman–Crippen MR) is 215 cm³/mol. The average molecular weight is 806 g/mol. The van der Waals surface area contributed by atoms with Crippen LogP contribution < -0.4 is 9.64 Å². The van der Waals surface area contributed by atoms with Crippen molar-refractivity contribution < 1.29 is 42.9 Å². The first kappa shape index (κ1) is 42.3. The maximum atomic E-state index is 14.1. The van der Waals surface area contributed by atoms with Crippen LogP contribution in [0.25, 0.3) is 5.65 Å². The van der Waals surface area contributed by atoms with Crippen LogP contribution in [-0.4, -0.2) is 123 Å². The van der Waals surface area contributed by atoms with Crippen LogP contribution in [0.15, 0.2) is 42.6 Å². The van der Waals surface area contributed by atoms with Gasteiger partial charge in [-0.1, -0.05) is 44.2 Å². The second-order valence-electron chi connectivity index (χ2n) is 17.7. The smallest absolute Gasteiger partial charge is 0.416 e. The van der Waals surface area contributed by atoms with E-state index in [9.17, 15) is 19.2 Å². The highest BCUT2D eigenvalue weighted by molar-refractivity contribution is 5.87. The Kier molecular flexibility index (Phi) is 12.9. The van der Waals surface area contributed by atoms with E-state index in [0.717, 1.165) is 24.0 Å². The molecule has 0 radical (unpaired) electrons. The molecule has 316 valence electrons. The van der Waals surface area contributed by atoms with Gasteiger partial charge in [0.1, 0.15) is 35.8 Å². The fraction of sp³-hybridized carbons (Fsp3) is 0.619. The second-order valence-corrected chi connectivity index (χ2v) is 17.7. The van der Waals surface area contributed by atoms with E-state index in [4.69, 9.17) is 28.7 Å². The Hall–Kier alpha value is -5.28. The summed E-state index contributed by atoms with van der Waals surface area (Å²) >= 11 is 0. The summed E-state index contributed by atoms with van der Waals surface area (Å²) in [5.41, 5.74) is 0.959. The number of hydrogen-bond acceptors (Lipinski definition) is 11. The standard InChI is InChI=1S/C42H59N7O9/c1-28(2)33-22-43-49-35(21-34(44-36(33)49)55-31-15-12-18-46(24-31)39(52)57-41(3,4)5)48(40(53)58-42(6,7)8)23-29-16-19-45(20-17-29)38(51)56-32-25-47(26-32)37(50)54-27-30-13-10-9-11-14-30/h9-11,13-14,21-22,28-29,31-32H,12,15-20,23-27H2,1-8H3/t31-/m1/s1. The molecular weight excluding hydrogens is 747 g/mol. The third-order valence-electron chi connectivity index (χ3n) is 10.2. The zero-order valence-electron chi connectivity index (χ0n) is 35.1. The Labute approximate surface area is 340 Å². The van der Waals surface area contributed by atoms with Gasteiger partial charge in [-0.25, -0.2) is 19.2 Å². The van der Waals surface area contributed by atoms with Crippen molar-refractivity contribution in [1.82, 2.24) is 29.3 Å². The molecule has 3 fully saturated rings. The number of nitrogens with zero attached hydrogens (tertiary/aromatic N) is 7. The third-order valence-corrected chi connectivity index (χ3v) is 10.2. The van der Waals surface area contributed by atoms with E-state index in [1.807, 2.05) is 71.9 Å². The molecule has 5 heterocycles. The summed E-state index contributed by atoms with van der Waals surface area (Å²) in [7, 11) is 0. The Morgan fingerprint density at radius 1 is 0.810 bits per heavy atom. The summed E-state index contributed by atoms with van der Waals surface area (Å²) in [5.74, 6) is 0.857. The van der Waals surface area contributed by atoms with Gasteiger partial charge in [0.15, 0.2) is 5.65 Å². The molecule has 3 aliphatic rings. The largest absolute Gasteiger partial charge is 0.472 e. The highest BCUT2D eigenvalue weighted by Crippen LogP contribution is 2.32. The summed E-state index contributed by atoms with van der Waals surface area (Å²) in [4.78, 5) is 63.9. The van der Waals surface area contributed by atoms with Crippen LogP contribution in [0, 0.1) is 5.92 Å². The fourth-order valence-corrected chi connectivity index (χ4v) is 7.12. The average Bonchev–Trinajstić information content (AvgIpc) is 3.58. The maximum Gasteiger partial charge on any atom is 0.416 e. The van der Waals surface area contributed by atoms with E-state index in [1.165, 1.54) is 4.90 Å². The molecule has 0 aliphatic carbocycles. The Morgan fingerprint density at radius 3 is 2.14 bits per heavy atom. The van der Waals surface area contributed by atoms with Crippen molar-refractivity contribution in [2.24, 2.45) is 5.92 Å². The van der Waals surface area contributed by atoms with Crippen molar-refractivity contribution in [2.75, 3.05) is 50.7 Å². The van der Waals surface area contributed by atoms with Gasteiger partial charge in [-0.3, -0.25) is 4.90 Å². The quantitative estimate of drug-likeness (QED) is 0.201. The van der Waals surface area contributed by atoms with E-state index < -0.39 is 35.6 Å². The molecule has 3 aliphatic heterocycles. The van der Waals surface area contributed by atoms with Crippen LogP contribution in [0.5, 0.6) is 5.88 Å². The molecular formula is C42H59N7O9. The third kappa shape index (κ3) is 11.0. The lowest BCUT2D eigenvalue weighted by Gasteiger charge is -2.39. The van der Waals surface area contributed by atoms with E-state index in [-0.39, 0.29) is 43.7 Å². The molecule has 4 amide bonds. The van der Waals surface area contributed by atoms with Crippen molar-refractivity contribution in [1.29, 1.82) is 0 Å². The molecule has 0 bridgehead atoms. The fourth-order valence-electron chi connectivity index (χ4n) is 7.12. The van der Waals surface area contributed by atoms with Crippen LogP contribution in [-0.2, 0) is 25.6 Å². The number of carbonyl (C=O) groups is 4. The van der Waals surface area contributed by atoms with Crippen LogP contribution in [0.1, 0.15) is 98.1 Å². The normalized spacial score (nSPS) is 18.2. The highest BCUT2D eigenvalue weighted by Gasteiger charge is 2.37. The van der Waals surface area contributed by atoms with Crippen molar-refractivity contribution in [2.45, 2.75) is 117 Å². The minimum atomic E-state index is -0.774. The molecule has 3 aromatic rings. The lowest BCUT2D eigenvalue weighted by atomic mass is 9.96. The summed E-state index contributed by atoms with van der Waals surface area (Å²) in [6.07, 6.45) is 1.92. The van der Waals surface area contributed by atoms with Crippen LogP contribution in [0.3, 0.4) is 0 Å². The number of amides is 4. The van der Waals surface area contributed by atoms with Crippen molar-refractivity contribution in [3.05, 3.63) is 53.7 Å². The number of rotatable bonds is 9. The van der Waals surface area contributed by atoms with Crippen LogP contribution in [0.4, 0.5) is 25.0 Å². The zero-order valence-corrected chi connectivity index (χ0v) is 35.1. The number of benzene rings is 1. The molecule has 1 aromatic carbocycles. The number of likely N-dealkylation sites (tertiary alicyclic amines) is 3. The van der Waals surface area contributed by atoms with Gasteiger partial charge in [-0.2, -0.15) is 14.6 Å². The molecule has 16 nitrogen and oxygen atoms in total. The Bertz CT molecular complexity index is 1910. The lowest BCUT2D eigenvalue weighted by molar-refractivity contribution is -0.0290. The summed E-state index contributed by atoms with van der Waals surface area (Å²) in [5, 5.41) is 4.68.